The van der Waals surface area contributed by atoms with Crippen LogP contribution < -0.4 is 15.8 Å². The van der Waals surface area contributed by atoms with Crippen molar-refractivity contribution < 1.29 is 22.8 Å². The molecule has 1 aromatic rings. The number of rotatable bonds is 2. The summed E-state index contributed by atoms with van der Waals surface area (Å²) in [6.45, 7) is 0. The summed E-state index contributed by atoms with van der Waals surface area (Å²) in [5, 5.41) is 0. The molecule has 0 saturated heterocycles. The summed E-state index contributed by atoms with van der Waals surface area (Å²) in [7, 11) is 3.61. The summed E-state index contributed by atoms with van der Waals surface area (Å²) in [5.41, 5.74) is 3.93. The zero-order valence-electron chi connectivity index (χ0n) is 10.2. The molecule has 0 heterocycles. The van der Waals surface area contributed by atoms with E-state index in [1.165, 1.54) is 17.6 Å². The van der Waals surface area contributed by atoms with Gasteiger partial charge in [0.1, 0.15) is 0 Å². The number of carbonyl (C=O) groups is 2. The molecule has 0 aliphatic rings. The second-order valence-electron chi connectivity index (χ2n) is 3.85. The largest absolute Gasteiger partial charge is 0.472 e. The fraction of sp³-hybridized carbons (Fsp3) is 0.273. The quantitative estimate of drug-likeness (QED) is 0.794. The Morgan fingerprint density at radius 1 is 1.05 bits per heavy atom. The van der Waals surface area contributed by atoms with Crippen molar-refractivity contribution in [1.82, 2.24) is 10.9 Å². The lowest BCUT2D eigenvalue weighted by atomic mass is 10.2. The van der Waals surface area contributed by atoms with Crippen LogP contribution in [-0.2, 0) is 4.79 Å². The Balaban J connectivity index is 2.62. The van der Waals surface area contributed by atoms with Crippen molar-refractivity contribution in [3.8, 4) is 0 Å². The molecular weight excluding hydrogens is 263 g/mol. The lowest BCUT2D eigenvalue weighted by Crippen LogP contribution is -2.47. The molecule has 0 bridgehead atoms. The highest BCUT2D eigenvalue weighted by Gasteiger charge is 2.38. The molecule has 19 heavy (non-hydrogen) atoms. The molecule has 8 heteroatoms. The van der Waals surface area contributed by atoms with E-state index in [1.807, 2.05) is 0 Å². The molecule has 0 aliphatic carbocycles. The third-order valence-electron chi connectivity index (χ3n) is 2.19. The molecule has 1 rings (SSSR count). The number of amides is 2. The summed E-state index contributed by atoms with van der Waals surface area (Å²) in [4.78, 5) is 23.7. The molecular formula is C11H12F3N3O2. The molecule has 0 aliphatic heterocycles. The summed E-state index contributed by atoms with van der Waals surface area (Å²) < 4.78 is 35.6. The first-order valence-corrected chi connectivity index (χ1v) is 5.16. The van der Waals surface area contributed by atoms with Gasteiger partial charge in [0.25, 0.3) is 5.91 Å². The first-order chi connectivity index (χ1) is 8.71. The van der Waals surface area contributed by atoms with E-state index in [0.717, 1.165) is 5.69 Å². The van der Waals surface area contributed by atoms with E-state index in [9.17, 15) is 22.8 Å². The zero-order valence-corrected chi connectivity index (χ0v) is 10.2. The van der Waals surface area contributed by atoms with Gasteiger partial charge in [-0.25, -0.2) is 0 Å². The maximum Gasteiger partial charge on any atom is 0.472 e. The monoisotopic (exact) mass is 275 g/mol. The van der Waals surface area contributed by atoms with Gasteiger partial charge in [0.05, 0.1) is 0 Å². The van der Waals surface area contributed by atoms with Crippen LogP contribution in [0, 0.1) is 0 Å². The highest BCUT2D eigenvalue weighted by molar-refractivity contribution is 5.96. The van der Waals surface area contributed by atoms with Gasteiger partial charge >= 0.3 is 12.1 Å². The number of nitrogens with one attached hydrogen (secondary N) is 2. The molecule has 0 radical (unpaired) electrons. The SMILES string of the molecule is CN(C)c1ccc(C(=O)NNC(=O)C(F)(F)F)cc1. The fourth-order valence-corrected chi connectivity index (χ4v) is 1.17. The van der Waals surface area contributed by atoms with Crippen molar-refractivity contribution in [3.63, 3.8) is 0 Å². The topological polar surface area (TPSA) is 61.4 Å². The van der Waals surface area contributed by atoms with Crippen molar-refractivity contribution in [1.29, 1.82) is 0 Å². The van der Waals surface area contributed by atoms with E-state index in [0.29, 0.717) is 0 Å². The van der Waals surface area contributed by atoms with Crippen LogP contribution in [0.3, 0.4) is 0 Å². The van der Waals surface area contributed by atoms with E-state index < -0.39 is 18.0 Å². The van der Waals surface area contributed by atoms with Gasteiger partial charge in [0.15, 0.2) is 0 Å². The van der Waals surface area contributed by atoms with Crippen LogP contribution in [0.25, 0.3) is 0 Å². The summed E-state index contributed by atoms with van der Waals surface area (Å²) in [6, 6.07) is 6.12. The second kappa shape index (κ2) is 5.59. The van der Waals surface area contributed by atoms with Crippen LogP contribution in [0.5, 0.6) is 0 Å². The van der Waals surface area contributed by atoms with Gasteiger partial charge in [0.2, 0.25) is 0 Å². The Kier molecular flexibility index (Phi) is 4.36. The van der Waals surface area contributed by atoms with E-state index >= 15 is 0 Å². The molecule has 1 aromatic carbocycles. The third-order valence-corrected chi connectivity index (χ3v) is 2.19. The van der Waals surface area contributed by atoms with Crippen molar-refractivity contribution in [2.75, 3.05) is 19.0 Å². The van der Waals surface area contributed by atoms with Gasteiger partial charge < -0.3 is 4.90 Å². The smallest absolute Gasteiger partial charge is 0.378 e. The number of hydrogen-bond acceptors (Lipinski definition) is 3. The number of benzene rings is 1. The van der Waals surface area contributed by atoms with Gasteiger partial charge in [-0.15, -0.1) is 0 Å². The van der Waals surface area contributed by atoms with E-state index in [4.69, 9.17) is 0 Å². The van der Waals surface area contributed by atoms with Crippen LogP contribution in [0.2, 0.25) is 0 Å². The van der Waals surface area contributed by atoms with Gasteiger partial charge in [-0.3, -0.25) is 20.4 Å². The summed E-state index contributed by atoms with van der Waals surface area (Å²) in [6.07, 6.45) is -5.04. The van der Waals surface area contributed by atoms with Gasteiger partial charge in [0, 0.05) is 25.3 Å². The average Bonchev–Trinajstić information content (AvgIpc) is 2.34. The van der Waals surface area contributed by atoms with Crippen LogP contribution >= 0.6 is 0 Å². The van der Waals surface area contributed by atoms with E-state index in [-0.39, 0.29) is 5.56 Å². The van der Waals surface area contributed by atoms with Crippen molar-refractivity contribution in [3.05, 3.63) is 29.8 Å². The fourth-order valence-electron chi connectivity index (χ4n) is 1.17. The number of halogens is 3. The molecule has 5 nitrogen and oxygen atoms in total. The highest BCUT2D eigenvalue weighted by atomic mass is 19.4. The normalized spacial score (nSPS) is 10.8. The van der Waals surface area contributed by atoms with E-state index in [2.05, 4.69) is 0 Å². The van der Waals surface area contributed by atoms with Crippen LogP contribution in [0.4, 0.5) is 18.9 Å². The first-order valence-electron chi connectivity index (χ1n) is 5.16. The molecule has 0 saturated carbocycles. The number of hydrogen-bond donors (Lipinski definition) is 2. The lowest BCUT2D eigenvalue weighted by molar-refractivity contribution is -0.174. The van der Waals surface area contributed by atoms with E-state index in [1.54, 1.807) is 36.6 Å². The minimum Gasteiger partial charge on any atom is -0.378 e. The number of nitrogens with zero attached hydrogens (tertiary/aromatic N) is 1. The van der Waals surface area contributed by atoms with Crippen molar-refractivity contribution in [2.24, 2.45) is 0 Å². The number of anilines is 1. The maximum atomic E-state index is 11.9. The minimum atomic E-state index is -5.04. The van der Waals surface area contributed by atoms with Crippen molar-refractivity contribution in [2.45, 2.75) is 6.18 Å². The first kappa shape index (κ1) is 14.8. The minimum absolute atomic E-state index is 0.132. The lowest BCUT2D eigenvalue weighted by Gasteiger charge is -2.13. The Morgan fingerprint density at radius 2 is 1.58 bits per heavy atom. The van der Waals surface area contributed by atoms with Gasteiger partial charge in [-0.05, 0) is 24.3 Å². The standard InChI is InChI=1S/C11H12F3N3O2/c1-17(2)8-5-3-7(4-6-8)9(18)15-16-10(19)11(12,13)14/h3-6H,1-2H3,(H,15,18)(H,16,19). The Hall–Kier alpha value is -2.25. The average molecular weight is 275 g/mol. The molecule has 104 valence electrons. The molecule has 2 N–H and O–H groups in total. The molecule has 0 fully saturated rings. The molecule has 0 aromatic heterocycles. The second-order valence-corrected chi connectivity index (χ2v) is 3.85. The van der Waals surface area contributed by atoms with Crippen LogP contribution in [0.15, 0.2) is 24.3 Å². The Morgan fingerprint density at radius 3 is 2.00 bits per heavy atom. The highest BCUT2D eigenvalue weighted by Crippen LogP contribution is 2.14. The zero-order chi connectivity index (χ0) is 14.6. The molecule has 0 spiro atoms. The van der Waals surface area contributed by atoms with Crippen LogP contribution in [0.1, 0.15) is 10.4 Å². The predicted molar refractivity (Wildman–Crippen MR) is 62.4 cm³/mol. The molecule has 0 unspecified atom stereocenters. The Bertz CT molecular complexity index is 469. The Labute approximate surface area is 107 Å². The van der Waals surface area contributed by atoms with Crippen LogP contribution in [-0.4, -0.2) is 32.1 Å². The summed E-state index contributed by atoms with van der Waals surface area (Å²) >= 11 is 0. The van der Waals surface area contributed by atoms with Gasteiger partial charge in [-0.1, -0.05) is 0 Å². The van der Waals surface area contributed by atoms with Crippen molar-refractivity contribution >= 4 is 17.5 Å². The number of hydrazine groups is 1. The molecule has 0 atom stereocenters. The number of alkyl halides is 3. The summed E-state index contributed by atoms with van der Waals surface area (Å²) in [5.74, 6) is -3.06. The maximum absolute atomic E-state index is 11.9. The molecule has 2 amide bonds. The number of carbonyl (C=O) groups excluding carboxylic acids is 2. The third kappa shape index (κ3) is 4.16. The van der Waals surface area contributed by atoms with Gasteiger partial charge in [-0.2, -0.15) is 13.2 Å². The predicted octanol–water partition coefficient (Wildman–Crippen LogP) is 1.08.